The zero-order valence-electron chi connectivity index (χ0n) is 8.51. The fraction of sp³-hybridized carbons (Fsp3) is 1.00. The van der Waals surface area contributed by atoms with Crippen LogP contribution in [0.1, 0.15) is 26.7 Å². The van der Waals surface area contributed by atoms with Crippen LogP contribution in [-0.4, -0.2) is 37.5 Å². The second-order valence-electron chi connectivity index (χ2n) is 4.70. The minimum Gasteiger partial charge on any atom is -0.378 e. The summed E-state index contributed by atoms with van der Waals surface area (Å²) in [7, 11) is 0. The Kier molecular flexibility index (Phi) is 2.58. The van der Waals surface area contributed by atoms with Gasteiger partial charge in [-0.05, 0) is 26.7 Å². The molecule has 0 bridgehead atoms. The summed E-state index contributed by atoms with van der Waals surface area (Å²) in [4.78, 5) is 0. The third-order valence-corrected chi connectivity index (χ3v) is 2.81. The summed E-state index contributed by atoms with van der Waals surface area (Å²) < 4.78 is 10.8. The smallest absolute Gasteiger partial charge is 0.0643 e. The summed E-state index contributed by atoms with van der Waals surface area (Å²) >= 11 is 0. The molecule has 2 saturated heterocycles. The van der Waals surface area contributed by atoms with Crippen molar-refractivity contribution in [1.29, 1.82) is 0 Å². The first-order valence-corrected chi connectivity index (χ1v) is 5.13. The van der Waals surface area contributed by atoms with Crippen molar-refractivity contribution >= 4 is 0 Å². The standard InChI is InChI=1S/C10H19NO2/c1-10(2)5-8(3-4-13-10)11-9-6-12-7-9/h8-9,11H,3-7H2,1-2H3. The monoisotopic (exact) mass is 185 g/mol. The van der Waals surface area contributed by atoms with E-state index in [0.717, 1.165) is 32.7 Å². The van der Waals surface area contributed by atoms with Crippen LogP contribution in [0.25, 0.3) is 0 Å². The van der Waals surface area contributed by atoms with E-state index in [1.54, 1.807) is 0 Å². The zero-order valence-corrected chi connectivity index (χ0v) is 8.51. The van der Waals surface area contributed by atoms with Gasteiger partial charge in [-0.25, -0.2) is 0 Å². The van der Waals surface area contributed by atoms with E-state index in [2.05, 4.69) is 19.2 Å². The summed E-state index contributed by atoms with van der Waals surface area (Å²) in [5, 5.41) is 3.61. The third-order valence-electron chi connectivity index (χ3n) is 2.81. The molecule has 0 saturated carbocycles. The summed E-state index contributed by atoms with van der Waals surface area (Å²) in [6.07, 6.45) is 2.25. The van der Waals surface area contributed by atoms with Gasteiger partial charge in [0.2, 0.25) is 0 Å². The molecule has 0 aromatic carbocycles. The summed E-state index contributed by atoms with van der Waals surface area (Å²) in [6.45, 7) is 6.99. The first-order valence-electron chi connectivity index (χ1n) is 5.13. The van der Waals surface area contributed by atoms with E-state index in [-0.39, 0.29) is 5.60 Å². The molecule has 13 heavy (non-hydrogen) atoms. The number of hydrogen-bond acceptors (Lipinski definition) is 3. The molecule has 0 radical (unpaired) electrons. The quantitative estimate of drug-likeness (QED) is 0.694. The molecule has 0 amide bonds. The van der Waals surface area contributed by atoms with Crippen molar-refractivity contribution in [3.63, 3.8) is 0 Å². The van der Waals surface area contributed by atoms with Crippen molar-refractivity contribution in [2.45, 2.75) is 44.4 Å². The van der Waals surface area contributed by atoms with Gasteiger partial charge in [0, 0.05) is 12.6 Å². The maximum atomic E-state index is 5.66. The molecule has 0 aromatic heterocycles. The van der Waals surface area contributed by atoms with Crippen LogP contribution in [-0.2, 0) is 9.47 Å². The Balaban J connectivity index is 1.78. The van der Waals surface area contributed by atoms with Crippen LogP contribution in [0.15, 0.2) is 0 Å². The number of rotatable bonds is 2. The molecular weight excluding hydrogens is 166 g/mol. The van der Waals surface area contributed by atoms with Crippen molar-refractivity contribution in [2.24, 2.45) is 0 Å². The van der Waals surface area contributed by atoms with Crippen molar-refractivity contribution in [3.05, 3.63) is 0 Å². The number of ether oxygens (including phenoxy) is 2. The maximum Gasteiger partial charge on any atom is 0.0643 e. The molecule has 76 valence electrons. The van der Waals surface area contributed by atoms with Crippen molar-refractivity contribution in [3.8, 4) is 0 Å². The second kappa shape index (κ2) is 3.56. The van der Waals surface area contributed by atoms with Crippen LogP contribution in [0, 0.1) is 0 Å². The maximum absolute atomic E-state index is 5.66. The fourth-order valence-electron chi connectivity index (χ4n) is 2.04. The topological polar surface area (TPSA) is 30.5 Å². The Morgan fingerprint density at radius 1 is 1.23 bits per heavy atom. The highest BCUT2D eigenvalue weighted by molar-refractivity contribution is 4.86. The minimum atomic E-state index is 0.0561. The van der Waals surface area contributed by atoms with Gasteiger partial charge in [0.25, 0.3) is 0 Å². The van der Waals surface area contributed by atoms with Crippen LogP contribution < -0.4 is 5.32 Å². The van der Waals surface area contributed by atoms with Gasteiger partial charge in [-0.2, -0.15) is 0 Å². The highest BCUT2D eigenvalue weighted by atomic mass is 16.5. The third kappa shape index (κ3) is 2.42. The molecule has 2 heterocycles. The van der Waals surface area contributed by atoms with Gasteiger partial charge in [-0.15, -0.1) is 0 Å². The molecule has 0 aliphatic carbocycles. The molecule has 3 heteroatoms. The SMILES string of the molecule is CC1(C)CC(NC2COC2)CCO1. The van der Waals surface area contributed by atoms with Gasteiger partial charge in [-0.1, -0.05) is 0 Å². The molecule has 2 aliphatic rings. The molecular formula is C10H19NO2. The molecule has 2 rings (SSSR count). The van der Waals surface area contributed by atoms with Crippen LogP contribution in [0.4, 0.5) is 0 Å². The summed E-state index contributed by atoms with van der Waals surface area (Å²) in [6, 6.07) is 1.22. The van der Waals surface area contributed by atoms with Gasteiger partial charge in [0.05, 0.1) is 24.9 Å². The molecule has 3 nitrogen and oxygen atoms in total. The number of nitrogens with one attached hydrogen (secondary N) is 1. The van der Waals surface area contributed by atoms with Gasteiger partial charge < -0.3 is 14.8 Å². The second-order valence-corrected chi connectivity index (χ2v) is 4.70. The van der Waals surface area contributed by atoms with E-state index in [9.17, 15) is 0 Å². The Morgan fingerprint density at radius 3 is 2.54 bits per heavy atom. The lowest BCUT2D eigenvalue weighted by Gasteiger charge is -2.39. The molecule has 1 N–H and O–H groups in total. The van der Waals surface area contributed by atoms with Gasteiger partial charge >= 0.3 is 0 Å². The average molecular weight is 185 g/mol. The van der Waals surface area contributed by atoms with E-state index >= 15 is 0 Å². The zero-order chi connectivity index (χ0) is 9.31. The highest BCUT2D eigenvalue weighted by Gasteiger charge is 2.31. The lowest BCUT2D eigenvalue weighted by Crippen LogP contribution is -2.54. The van der Waals surface area contributed by atoms with Crippen molar-refractivity contribution in [1.82, 2.24) is 5.32 Å². The van der Waals surface area contributed by atoms with E-state index < -0.39 is 0 Å². The molecule has 0 aromatic rings. The van der Waals surface area contributed by atoms with Crippen molar-refractivity contribution < 1.29 is 9.47 Å². The van der Waals surface area contributed by atoms with Gasteiger partial charge in [0.1, 0.15) is 0 Å². The van der Waals surface area contributed by atoms with E-state index in [1.807, 2.05) is 0 Å². The normalized spacial score (nSPS) is 34.2. The summed E-state index contributed by atoms with van der Waals surface area (Å²) in [5.74, 6) is 0. The lowest BCUT2D eigenvalue weighted by atomic mass is 9.93. The molecule has 2 fully saturated rings. The lowest BCUT2D eigenvalue weighted by molar-refractivity contribution is -0.0753. The Morgan fingerprint density at radius 2 is 2.00 bits per heavy atom. The highest BCUT2D eigenvalue weighted by Crippen LogP contribution is 2.24. The Bertz CT molecular complexity index is 178. The molecule has 1 atom stereocenters. The molecule has 1 unspecified atom stereocenters. The number of hydrogen-bond donors (Lipinski definition) is 1. The van der Waals surface area contributed by atoms with Crippen LogP contribution in [0.3, 0.4) is 0 Å². The predicted molar refractivity (Wildman–Crippen MR) is 50.8 cm³/mol. The fourth-order valence-corrected chi connectivity index (χ4v) is 2.04. The predicted octanol–water partition coefficient (Wildman–Crippen LogP) is 0.932. The van der Waals surface area contributed by atoms with E-state index in [1.165, 1.54) is 0 Å². The van der Waals surface area contributed by atoms with Gasteiger partial charge in [0.15, 0.2) is 0 Å². The van der Waals surface area contributed by atoms with E-state index in [0.29, 0.717) is 12.1 Å². The van der Waals surface area contributed by atoms with Crippen LogP contribution in [0.5, 0.6) is 0 Å². The minimum absolute atomic E-state index is 0.0561. The first-order chi connectivity index (χ1) is 6.16. The first kappa shape index (κ1) is 9.44. The van der Waals surface area contributed by atoms with Crippen LogP contribution in [0.2, 0.25) is 0 Å². The summed E-state index contributed by atoms with van der Waals surface area (Å²) in [5.41, 5.74) is 0.0561. The largest absolute Gasteiger partial charge is 0.378 e. The molecule has 0 spiro atoms. The Labute approximate surface area is 79.8 Å². The van der Waals surface area contributed by atoms with Gasteiger partial charge in [-0.3, -0.25) is 0 Å². The van der Waals surface area contributed by atoms with Crippen LogP contribution >= 0.6 is 0 Å². The Hall–Kier alpha value is -0.120. The van der Waals surface area contributed by atoms with Crippen molar-refractivity contribution in [2.75, 3.05) is 19.8 Å². The molecule has 2 aliphatic heterocycles. The van der Waals surface area contributed by atoms with E-state index in [4.69, 9.17) is 9.47 Å². The average Bonchev–Trinajstić information content (AvgIpc) is 1.95.